The quantitative estimate of drug-likeness (QED) is 0.720. The van der Waals surface area contributed by atoms with E-state index in [1.807, 2.05) is 4.90 Å². The summed E-state index contributed by atoms with van der Waals surface area (Å²) in [5.41, 5.74) is 0. The van der Waals surface area contributed by atoms with Gasteiger partial charge in [-0.05, 0) is 12.8 Å². The van der Waals surface area contributed by atoms with Crippen molar-refractivity contribution in [3.05, 3.63) is 0 Å². The number of morpholine rings is 1. The van der Waals surface area contributed by atoms with Gasteiger partial charge in [-0.15, -0.1) is 0 Å². The number of piperidine rings is 1. The Kier molecular flexibility index (Phi) is 4.76. The van der Waals surface area contributed by atoms with Crippen molar-refractivity contribution < 1.29 is 14.3 Å². The van der Waals surface area contributed by atoms with E-state index in [-0.39, 0.29) is 23.8 Å². The minimum absolute atomic E-state index is 0.0645. The number of amides is 2. The van der Waals surface area contributed by atoms with Gasteiger partial charge in [0.2, 0.25) is 11.8 Å². The van der Waals surface area contributed by atoms with Crippen LogP contribution in [0.3, 0.4) is 0 Å². The van der Waals surface area contributed by atoms with E-state index in [9.17, 15) is 9.59 Å². The summed E-state index contributed by atoms with van der Waals surface area (Å²) in [6, 6.07) is -0.213. The van der Waals surface area contributed by atoms with E-state index < -0.39 is 0 Å². The predicted octanol–water partition coefficient (Wildman–Crippen LogP) is -0.698. The second-order valence-corrected chi connectivity index (χ2v) is 5.41. The van der Waals surface area contributed by atoms with Crippen LogP contribution in [0.5, 0.6) is 0 Å². The Morgan fingerprint density at radius 3 is 2.47 bits per heavy atom. The lowest BCUT2D eigenvalue weighted by Gasteiger charge is -2.35. The highest BCUT2D eigenvalue weighted by atomic mass is 16.5. The fourth-order valence-electron chi connectivity index (χ4n) is 2.66. The lowest BCUT2D eigenvalue weighted by atomic mass is 9.95. The molecule has 2 heterocycles. The lowest BCUT2D eigenvalue weighted by molar-refractivity contribution is -0.141. The number of hydrogen-bond acceptors (Lipinski definition) is 4. The molecule has 1 N–H and O–H groups in total. The first-order valence-corrected chi connectivity index (χ1v) is 6.90. The molecule has 0 spiro atoms. The molecule has 0 saturated carbocycles. The first-order valence-electron chi connectivity index (χ1n) is 6.90. The number of nitrogens with one attached hydrogen (secondary N) is 1. The summed E-state index contributed by atoms with van der Waals surface area (Å²) >= 11 is 0. The van der Waals surface area contributed by atoms with Crippen LogP contribution in [0.4, 0.5) is 0 Å². The minimum atomic E-state index is -0.213. The van der Waals surface area contributed by atoms with Crippen molar-refractivity contribution in [1.29, 1.82) is 0 Å². The molecule has 0 aliphatic carbocycles. The van der Waals surface area contributed by atoms with E-state index in [1.165, 1.54) is 0 Å². The van der Waals surface area contributed by atoms with Gasteiger partial charge in [-0.1, -0.05) is 0 Å². The fraction of sp³-hybridized carbons (Fsp3) is 0.846. The maximum Gasteiger partial charge on any atom is 0.242 e. The first-order chi connectivity index (χ1) is 9.09. The smallest absolute Gasteiger partial charge is 0.242 e. The molecule has 2 fully saturated rings. The first kappa shape index (κ1) is 14.3. The van der Waals surface area contributed by atoms with Crippen molar-refractivity contribution in [3.8, 4) is 0 Å². The summed E-state index contributed by atoms with van der Waals surface area (Å²) < 4.78 is 5.31. The Labute approximate surface area is 114 Å². The molecular formula is C13H23N3O3. The summed E-state index contributed by atoms with van der Waals surface area (Å²) in [7, 11) is 3.56. The average molecular weight is 269 g/mol. The summed E-state index contributed by atoms with van der Waals surface area (Å²) in [5.74, 6) is 0.344. The lowest BCUT2D eigenvalue weighted by Crippen LogP contribution is -2.54. The molecule has 108 valence electrons. The fourth-order valence-corrected chi connectivity index (χ4v) is 2.66. The molecule has 2 amide bonds. The van der Waals surface area contributed by atoms with Gasteiger partial charge in [0.1, 0.15) is 6.04 Å². The zero-order valence-corrected chi connectivity index (χ0v) is 11.7. The molecule has 19 heavy (non-hydrogen) atoms. The van der Waals surface area contributed by atoms with E-state index in [4.69, 9.17) is 4.74 Å². The second-order valence-electron chi connectivity index (χ2n) is 5.41. The van der Waals surface area contributed by atoms with Crippen LogP contribution in [-0.4, -0.2) is 74.6 Å². The summed E-state index contributed by atoms with van der Waals surface area (Å²) in [4.78, 5) is 27.6. The van der Waals surface area contributed by atoms with Crippen LogP contribution >= 0.6 is 0 Å². The van der Waals surface area contributed by atoms with E-state index in [0.717, 1.165) is 19.4 Å². The standard InChI is InChI=1S/C13H23N3O3/c1-15(2)12(17)10-3-6-16(7-4-10)13(18)11-9-19-8-5-14-11/h10-11,14H,3-9H2,1-2H3. The monoisotopic (exact) mass is 269 g/mol. The van der Waals surface area contributed by atoms with Gasteiger partial charge in [0.05, 0.1) is 13.2 Å². The van der Waals surface area contributed by atoms with E-state index in [1.54, 1.807) is 19.0 Å². The summed E-state index contributed by atoms with van der Waals surface area (Å²) in [5, 5.41) is 3.18. The molecule has 2 saturated heterocycles. The third-order valence-electron chi connectivity index (χ3n) is 3.82. The van der Waals surface area contributed by atoms with E-state index >= 15 is 0 Å². The Bertz CT molecular complexity index is 332. The predicted molar refractivity (Wildman–Crippen MR) is 70.6 cm³/mol. The Balaban J connectivity index is 1.82. The Morgan fingerprint density at radius 2 is 1.95 bits per heavy atom. The molecule has 0 aromatic carbocycles. The normalized spacial score (nSPS) is 25.2. The van der Waals surface area contributed by atoms with Crippen molar-refractivity contribution in [2.75, 3.05) is 46.9 Å². The number of nitrogens with zero attached hydrogens (tertiary/aromatic N) is 2. The molecule has 0 bridgehead atoms. The maximum absolute atomic E-state index is 12.3. The second kappa shape index (κ2) is 6.34. The van der Waals surface area contributed by atoms with Gasteiger partial charge < -0.3 is 19.9 Å². The van der Waals surface area contributed by atoms with E-state index in [2.05, 4.69) is 5.32 Å². The molecule has 0 aromatic rings. The van der Waals surface area contributed by atoms with Gasteiger partial charge in [-0.2, -0.15) is 0 Å². The van der Waals surface area contributed by atoms with Crippen molar-refractivity contribution >= 4 is 11.8 Å². The molecule has 2 aliphatic heterocycles. The highest BCUT2D eigenvalue weighted by Gasteiger charge is 2.31. The van der Waals surface area contributed by atoms with Gasteiger partial charge in [0.25, 0.3) is 0 Å². The number of ether oxygens (including phenoxy) is 1. The molecule has 2 aliphatic rings. The number of hydrogen-bond donors (Lipinski definition) is 1. The summed E-state index contributed by atoms with van der Waals surface area (Å²) in [6.07, 6.45) is 1.52. The average Bonchev–Trinajstić information content (AvgIpc) is 2.46. The van der Waals surface area contributed by atoms with Gasteiger partial charge in [0.15, 0.2) is 0 Å². The number of rotatable bonds is 2. The largest absolute Gasteiger partial charge is 0.378 e. The highest BCUT2D eigenvalue weighted by molar-refractivity contribution is 5.83. The maximum atomic E-state index is 12.3. The molecule has 1 unspecified atom stereocenters. The molecule has 0 radical (unpaired) electrons. The number of carbonyl (C=O) groups is 2. The van der Waals surface area contributed by atoms with Crippen molar-refractivity contribution in [3.63, 3.8) is 0 Å². The molecular weight excluding hydrogens is 246 g/mol. The van der Waals surface area contributed by atoms with Gasteiger partial charge in [-0.25, -0.2) is 0 Å². The minimum Gasteiger partial charge on any atom is -0.378 e. The topological polar surface area (TPSA) is 61.9 Å². The van der Waals surface area contributed by atoms with Gasteiger partial charge in [-0.3, -0.25) is 9.59 Å². The van der Waals surface area contributed by atoms with Gasteiger partial charge in [0, 0.05) is 39.6 Å². The number of carbonyl (C=O) groups excluding carboxylic acids is 2. The molecule has 1 atom stereocenters. The highest BCUT2D eigenvalue weighted by Crippen LogP contribution is 2.19. The Hall–Kier alpha value is -1.14. The van der Waals surface area contributed by atoms with Crippen molar-refractivity contribution in [2.45, 2.75) is 18.9 Å². The zero-order valence-electron chi connectivity index (χ0n) is 11.7. The van der Waals surface area contributed by atoms with Crippen molar-refractivity contribution in [2.24, 2.45) is 5.92 Å². The van der Waals surface area contributed by atoms with E-state index in [0.29, 0.717) is 26.3 Å². The van der Waals surface area contributed by atoms with Crippen LogP contribution in [-0.2, 0) is 14.3 Å². The van der Waals surface area contributed by atoms with Crippen LogP contribution in [0, 0.1) is 5.92 Å². The molecule has 6 heteroatoms. The van der Waals surface area contributed by atoms with Gasteiger partial charge >= 0.3 is 0 Å². The third-order valence-corrected chi connectivity index (χ3v) is 3.82. The van der Waals surface area contributed by atoms with Crippen LogP contribution in [0.2, 0.25) is 0 Å². The third kappa shape index (κ3) is 3.45. The van der Waals surface area contributed by atoms with Crippen LogP contribution < -0.4 is 5.32 Å². The molecule has 2 rings (SSSR count). The molecule has 0 aromatic heterocycles. The van der Waals surface area contributed by atoms with Crippen molar-refractivity contribution in [1.82, 2.24) is 15.1 Å². The molecule has 6 nitrogen and oxygen atoms in total. The van der Waals surface area contributed by atoms with Crippen LogP contribution in [0.15, 0.2) is 0 Å². The SMILES string of the molecule is CN(C)C(=O)C1CCN(C(=O)C2COCCN2)CC1. The van der Waals surface area contributed by atoms with Crippen LogP contribution in [0.25, 0.3) is 0 Å². The number of likely N-dealkylation sites (tertiary alicyclic amines) is 1. The van der Waals surface area contributed by atoms with Crippen LogP contribution in [0.1, 0.15) is 12.8 Å². The zero-order chi connectivity index (χ0) is 13.8. The Morgan fingerprint density at radius 1 is 1.26 bits per heavy atom. The summed E-state index contributed by atoms with van der Waals surface area (Å²) in [6.45, 7) is 3.19.